The van der Waals surface area contributed by atoms with E-state index >= 15 is 0 Å². The van der Waals surface area contributed by atoms with Crippen LogP contribution in [0.2, 0.25) is 0 Å². The zero-order valence-corrected chi connectivity index (χ0v) is 14.3. The predicted octanol–water partition coefficient (Wildman–Crippen LogP) is 1.50. The lowest BCUT2D eigenvalue weighted by atomic mass is 9.98. The van der Waals surface area contributed by atoms with E-state index in [1.165, 1.54) is 0 Å². The molecule has 1 aromatic rings. The molecule has 24 heavy (non-hydrogen) atoms. The minimum Gasteiger partial charge on any atom is -0.394 e. The largest absolute Gasteiger partial charge is 0.394 e. The minimum atomic E-state index is -0.423. The molecule has 7 heteroatoms. The van der Waals surface area contributed by atoms with Crippen LogP contribution >= 0.6 is 0 Å². The van der Waals surface area contributed by atoms with Crippen LogP contribution in [0.15, 0.2) is 24.3 Å². The molecule has 1 saturated heterocycles. The molecule has 1 aliphatic heterocycles. The van der Waals surface area contributed by atoms with Crippen LogP contribution in [0.3, 0.4) is 0 Å². The molecular weight excluding hydrogens is 310 g/mol. The standard InChI is InChI=1S/C17H25N3O4/c1-4-18-17(23)19-13-7-5-12(6-8-13)16-14(9-21)20(11(2)3)15(22)10-24-16/h5-8,11,14,16,21H,4,9-10H2,1-3H3,(H2,18,19,23). The minimum absolute atomic E-state index is 0.00173. The lowest BCUT2D eigenvalue weighted by molar-refractivity contribution is -0.164. The number of urea groups is 1. The van der Waals surface area contributed by atoms with Crippen LogP contribution in [0.4, 0.5) is 10.5 Å². The Morgan fingerprint density at radius 2 is 2.04 bits per heavy atom. The molecule has 1 heterocycles. The highest BCUT2D eigenvalue weighted by Crippen LogP contribution is 2.30. The van der Waals surface area contributed by atoms with Crippen LogP contribution in [-0.4, -0.2) is 53.8 Å². The van der Waals surface area contributed by atoms with Crippen LogP contribution in [0.25, 0.3) is 0 Å². The Kier molecular flexibility index (Phi) is 6.16. The topological polar surface area (TPSA) is 90.9 Å². The number of nitrogens with zero attached hydrogens (tertiary/aromatic N) is 1. The van der Waals surface area contributed by atoms with Crippen molar-refractivity contribution in [3.8, 4) is 0 Å². The monoisotopic (exact) mass is 335 g/mol. The molecule has 0 saturated carbocycles. The Morgan fingerprint density at radius 3 is 2.58 bits per heavy atom. The molecule has 3 N–H and O–H groups in total. The zero-order chi connectivity index (χ0) is 17.7. The van der Waals surface area contributed by atoms with E-state index in [4.69, 9.17) is 4.74 Å². The first-order valence-electron chi connectivity index (χ1n) is 8.16. The summed E-state index contributed by atoms with van der Waals surface area (Å²) in [5.41, 5.74) is 1.52. The van der Waals surface area contributed by atoms with Crippen molar-refractivity contribution >= 4 is 17.6 Å². The first kappa shape index (κ1) is 18.2. The fourth-order valence-electron chi connectivity index (χ4n) is 2.94. The van der Waals surface area contributed by atoms with Crippen molar-refractivity contribution in [3.05, 3.63) is 29.8 Å². The number of hydrogen-bond acceptors (Lipinski definition) is 4. The number of carbonyl (C=O) groups is 2. The molecule has 0 radical (unpaired) electrons. The number of nitrogens with one attached hydrogen (secondary N) is 2. The van der Waals surface area contributed by atoms with E-state index in [2.05, 4.69) is 10.6 Å². The summed E-state index contributed by atoms with van der Waals surface area (Å²) >= 11 is 0. The maximum Gasteiger partial charge on any atom is 0.319 e. The molecule has 132 valence electrons. The Bertz CT molecular complexity index is 574. The van der Waals surface area contributed by atoms with Gasteiger partial charge in [0.25, 0.3) is 0 Å². The van der Waals surface area contributed by atoms with Gasteiger partial charge in [-0.05, 0) is 38.5 Å². The molecule has 1 aliphatic rings. The average molecular weight is 335 g/mol. The molecule has 1 fully saturated rings. The van der Waals surface area contributed by atoms with Crippen molar-refractivity contribution in [3.63, 3.8) is 0 Å². The molecule has 1 aromatic carbocycles. The van der Waals surface area contributed by atoms with Crippen molar-refractivity contribution in [2.75, 3.05) is 25.1 Å². The van der Waals surface area contributed by atoms with Gasteiger partial charge in [-0.3, -0.25) is 4.79 Å². The van der Waals surface area contributed by atoms with E-state index in [1.807, 2.05) is 32.9 Å². The van der Waals surface area contributed by atoms with E-state index in [1.54, 1.807) is 17.0 Å². The molecule has 0 aromatic heterocycles. The van der Waals surface area contributed by atoms with Gasteiger partial charge >= 0.3 is 6.03 Å². The molecule has 2 rings (SSSR count). The maximum absolute atomic E-state index is 12.1. The van der Waals surface area contributed by atoms with Gasteiger partial charge < -0.3 is 25.4 Å². The Hall–Kier alpha value is -2.12. The van der Waals surface area contributed by atoms with Gasteiger partial charge in [-0.15, -0.1) is 0 Å². The SMILES string of the molecule is CCNC(=O)Nc1ccc(C2OCC(=O)N(C(C)C)C2CO)cc1. The van der Waals surface area contributed by atoms with Gasteiger partial charge in [-0.1, -0.05) is 12.1 Å². The Labute approximate surface area is 142 Å². The second kappa shape index (κ2) is 8.12. The number of rotatable bonds is 5. The third-order valence-electron chi connectivity index (χ3n) is 3.96. The molecule has 7 nitrogen and oxygen atoms in total. The zero-order valence-electron chi connectivity index (χ0n) is 14.3. The van der Waals surface area contributed by atoms with Gasteiger partial charge in [-0.25, -0.2) is 4.79 Å². The van der Waals surface area contributed by atoms with Gasteiger partial charge in [0, 0.05) is 18.3 Å². The van der Waals surface area contributed by atoms with E-state index in [0.717, 1.165) is 5.56 Å². The number of ether oxygens (including phenoxy) is 1. The molecule has 0 aliphatic carbocycles. The molecular formula is C17H25N3O4. The van der Waals surface area contributed by atoms with Crippen molar-refractivity contribution in [2.24, 2.45) is 0 Å². The van der Waals surface area contributed by atoms with E-state index in [9.17, 15) is 14.7 Å². The van der Waals surface area contributed by atoms with Gasteiger partial charge in [0.05, 0.1) is 12.6 Å². The van der Waals surface area contributed by atoms with Gasteiger partial charge in [-0.2, -0.15) is 0 Å². The molecule has 0 bridgehead atoms. The lowest BCUT2D eigenvalue weighted by Gasteiger charge is -2.42. The summed E-state index contributed by atoms with van der Waals surface area (Å²) in [6, 6.07) is 6.53. The normalized spacial score (nSPS) is 21.0. The first-order chi connectivity index (χ1) is 11.5. The number of aliphatic hydroxyl groups is 1. The number of hydrogen-bond donors (Lipinski definition) is 3. The molecule has 2 atom stereocenters. The fraction of sp³-hybridized carbons (Fsp3) is 0.529. The van der Waals surface area contributed by atoms with Crippen LogP contribution in [0.1, 0.15) is 32.4 Å². The second-order valence-electron chi connectivity index (χ2n) is 5.98. The van der Waals surface area contributed by atoms with E-state index in [-0.39, 0.29) is 31.2 Å². The smallest absolute Gasteiger partial charge is 0.319 e. The molecule has 3 amide bonds. The third kappa shape index (κ3) is 4.04. The fourth-order valence-corrected chi connectivity index (χ4v) is 2.94. The Balaban J connectivity index is 2.15. The summed E-state index contributed by atoms with van der Waals surface area (Å²) in [5.74, 6) is -0.116. The average Bonchev–Trinajstić information content (AvgIpc) is 2.55. The van der Waals surface area contributed by atoms with E-state index in [0.29, 0.717) is 12.2 Å². The second-order valence-corrected chi connectivity index (χ2v) is 5.98. The number of amides is 3. The quantitative estimate of drug-likeness (QED) is 0.760. The van der Waals surface area contributed by atoms with Crippen LogP contribution in [0.5, 0.6) is 0 Å². The Morgan fingerprint density at radius 1 is 1.38 bits per heavy atom. The van der Waals surface area contributed by atoms with Crippen molar-refractivity contribution < 1.29 is 19.4 Å². The summed E-state index contributed by atoms with van der Waals surface area (Å²) < 4.78 is 5.67. The van der Waals surface area contributed by atoms with Crippen LogP contribution in [-0.2, 0) is 9.53 Å². The number of aliphatic hydroxyl groups excluding tert-OH is 1. The number of morpholine rings is 1. The highest BCUT2D eigenvalue weighted by atomic mass is 16.5. The first-order valence-corrected chi connectivity index (χ1v) is 8.16. The van der Waals surface area contributed by atoms with Crippen LogP contribution < -0.4 is 10.6 Å². The van der Waals surface area contributed by atoms with E-state index < -0.39 is 12.1 Å². The maximum atomic E-state index is 12.1. The third-order valence-corrected chi connectivity index (χ3v) is 3.96. The van der Waals surface area contributed by atoms with Gasteiger partial charge in [0.2, 0.25) is 5.91 Å². The molecule has 2 unspecified atom stereocenters. The van der Waals surface area contributed by atoms with Crippen LogP contribution in [0, 0.1) is 0 Å². The van der Waals surface area contributed by atoms with Gasteiger partial charge in [0.15, 0.2) is 0 Å². The number of anilines is 1. The summed E-state index contributed by atoms with van der Waals surface area (Å²) in [4.78, 5) is 25.3. The number of benzene rings is 1. The molecule has 0 spiro atoms. The predicted molar refractivity (Wildman–Crippen MR) is 90.7 cm³/mol. The summed E-state index contributed by atoms with van der Waals surface area (Å²) in [7, 11) is 0. The highest BCUT2D eigenvalue weighted by Gasteiger charge is 2.38. The van der Waals surface area contributed by atoms with Crippen molar-refractivity contribution in [1.82, 2.24) is 10.2 Å². The number of carbonyl (C=O) groups excluding carboxylic acids is 2. The van der Waals surface area contributed by atoms with Crippen molar-refractivity contribution in [2.45, 2.75) is 39.0 Å². The summed E-state index contributed by atoms with van der Waals surface area (Å²) in [6.45, 7) is 6.06. The summed E-state index contributed by atoms with van der Waals surface area (Å²) in [5, 5.41) is 15.1. The van der Waals surface area contributed by atoms with Crippen molar-refractivity contribution in [1.29, 1.82) is 0 Å². The highest BCUT2D eigenvalue weighted by molar-refractivity contribution is 5.89. The summed E-state index contributed by atoms with van der Waals surface area (Å²) in [6.07, 6.45) is -0.395. The van der Waals surface area contributed by atoms with Gasteiger partial charge in [0.1, 0.15) is 12.7 Å². The lowest BCUT2D eigenvalue weighted by Crippen LogP contribution is -2.55.